The van der Waals surface area contributed by atoms with Gasteiger partial charge in [0.25, 0.3) is 0 Å². The summed E-state index contributed by atoms with van der Waals surface area (Å²) in [6.07, 6.45) is 2.94. The highest BCUT2D eigenvalue weighted by Crippen LogP contribution is 2.41. The second kappa shape index (κ2) is 5.68. The van der Waals surface area contributed by atoms with Gasteiger partial charge in [0.05, 0.1) is 17.6 Å². The summed E-state index contributed by atoms with van der Waals surface area (Å²) >= 11 is 6.12. The van der Waals surface area contributed by atoms with E-state index in [9.17, 15) is 4.79 Å². The van der Waals surface area contributed by atoms with Crippen molar-refractivity contribution in [1.29, 1.82) is 0 Å². The summed E-state index contributed by atoms with van der Waals surface area (Å²) in [5, 5.41) is 0.694. The molecule has 5 heteroatoms. The Labute approximate surface area is 129 Å². The Bertz CT molecular complexity index is 676. The highest BCUT2D eigenvalue weighted by Gasteiger charge is 2.33. The normalized spacial score (nSPS) is 16.1. The first-order chi connectivity index (χ1) is 10.2. The third kappa shape index (κ3) is 2.64. The molecule has 1 aromatic carbocycles. The van der Waals surface area contributed by atoms with Gasteiger partial charge in [-0.15, -0.1) is 0 Å². The fraction of sp³-hybridized carbons (Fsp3) is 0.500. The maximum Gasteiger partial charge on any atom is 0.316 e. The SMILES string of the molecule is CCOC(=O)C(CC)c1nc2ccc(Cl)cc2n1C1CC1. The quantitative estimate of drug-likeness (QED) is 0.782. The number of aromatic nitrogens is 2. The molecule has 0 bridgehead atoms. The van der Waals surface area contributed by atoms with E-state index in [4.69, 9.17) is 21.3 Å². The zero-order valence-electron chi connectivity index (χ0n) is 12.3. The van der Waals surface area contributed by atoms with E-state index in [1.54, 1.807) is 0 Å². The van der Waals surface area contributed by atoms with Crippen molar-refractivity contribution >= 4 is 28.6 Å². The van der Waals surface area contributed by atoms with Crippen LogP contribution in [0, 0.1) is 0 Å². The van der Waals surface area contributed by atoms with Crippen molar-refractivity contribution in [3.8, 4) is 0 Å². The third-order valence-corrected chi connectivity index (χ3v) is 4.12. The first-order valence-electron chi connectivity index (χ1n) is 7.49. The Morgan fingerprint density at radius 1 is 1.48 bits per heavy atom. The van der Waals surface area contributed by atoms with Gasteiger partial charge in [-0.05, 0) is 44.4 Å². The van der Waals surface area contributed by atoms with Crippen LogP contribution >= 0.6 is 11.6 Å². The van der Waals surface area contributed by atoms with Crippen molar-refractivity contribution in [2.24, 2.45) is 0 Å². The van der Waals surface area contributed by atoms with Gasteiger partial charge < -0.3 is 9.30 Å². The Balaban J connectivity index is 2.12. The van der Waals surface area contributed by atoms with E-state index in [0.29, 0.717) is 24.1 Å². The number of esters is 1. The molecular formula is C16H19ClN2O2. The van der Waals surface area contributed by atoms with Crippen molar-refractivity contribution in [1.82, 2.24) is 9.55 Å². The molecule has 21 heavy (non-hydrogen) atoms. The minimum atomic E-state index is -0.309. The smallest absolute Gasteiger partial charge is 0.316 e. The van der Waals surface area contributed by atoms with Crippen molar-refractivity contribution in [2.75, 3.05) is 6.61 Å². The summed E-state index contributed by atoms with van der Waals surface area (Å²) in [6.45, 7) is 4.21. The van der Waals surface area contributed by atoms with Gasteiger partial charge >= 0.3 is 5.97 Å². The summed E-state index contributed by atoms with van der Waals surface area (Å²) in [4.78, 5) is 16.9. The van der Waals surface area contributed by atoms with Crippen LogP contribution < -0.4 is 0 Å². The van der Waals surface area contributed by atoms with Crippen LogP contribution in [0.25, 0.3) is 11.0 Å². The molecule has 0 radical (unpaired) electrons. The number of imidazole rings is 1. The molecular weight excluding hydrogens is 288 g/mol. The Hall–Kier alpha value is -1.55. The number of carbonyl (C=O) groups excluding carboxylic acids is 1. The van der Waals surface area contributed by atoms with Crippen LogP contribution in [0.15, 0.2) is 18.2 Å². The first-order valence-corrected chi connectivity index (χ1v) is 7.87. The van der Waals surface area contributed by atoms with Gasteiger partial charge in [0.2, 0.25) is 0 Å². The molecule has 3 rings (SSSR count). The van der Waals surface area contributed by atoms with Gasteiger partial charge in [-0.3, -0.25) is 4.79 Å². The largest absolute Gasteiger partial charge is 0.465 e. The number of hydrogen-bond donors (Lipinski definition) is 0. The average Bonchev–Trinajstić information content (AvgIpc) is 3.22. The minimum Gasteiger partial charge on any atom is -0.465 e. The molecule has 1 aliphatic rings. The molecule has 0 amide bonds. The van der Waals surface area contributed by atoms with Gasteiger partial charge in [0.15, 0.2) is 0 Å². The lowest BCUT2D eigenvalue weighted by molar-refractivity contribution is -0.145. The zero-order valence-corrected chi connectivity index (χ0v) is 13.1. The van der Waals surface area contributed by atoms with E-state index in [2.05, 4.69) is 4.57 Å². The fourth-order valence-corrected chi connectivity index (χ4v) is 2.91. The average molecular weight is 307 g/mol. The molecule has 4 nitrogen and oxygen atoms in total. The van der Waals surface area contributed by atoms with Gasteiger partial charge in [-0.2, -0.15) is 0 Å². The van der Waals surface area contributed by atoms with Crippen LogP contribution in [-0.2, 0) is 9.53 Å². The molecule has 1 saturated carbocycles. The van der Waals surface area contributed by atoms with Crippen molar-refractivity contribution < 1.29 is 9.53 Å². The van der Waals surface area contributed by atoms with Crippen LogP contribution in [-0.4, -0.2) is 22.1 Å². The van der Waals surface area contributed by atoms with E-state index < -0.39 is 0 Å². The predicted molar refractivity (Wildman–Crippen MR) is 82.7 cm³/mol. The summed E-state index contributed by atoms with van der Waals surface area (Å²) in [5.41, 5.74) is 1.91. The van der Waals surface area contributed by atoms with E-state index >= 15 is 0 Å². The standard InChI is InChI=1S/C16H19ClN2O2/c1-3-12(16(20)21-4-2)15-18-13-8-5-10(17)9-14(13)19(15)11-6-7-11/h5,8-9,11-12H,3-4,6-7H2,1-2H3. The number of ether oxygens (including phenoxy) is 1. The molecule has 0 saturated heterocycles. The lowest BCUT2D eigenvalue weighted by Crippen LogP contribution is -2.19. The van der Waals surface area contributed by atoms with Crippen LogP contribution in [0.2, 0.25) is 5.02 Å². The highest BCUT2D eigenvalue weighted by atomic mass is 35.5. The molecule has 112 valence electrons. The molecule has 1 heterocycles. The third-order valence-electron chi connectivity index (χ3n) is 3.88. The summed E-state index contributed by atoms with van der Waals surface area (Å²) in [7, 11) is 0. The second-order valence-electron chi connectivity index (χ2n) is 5.42. The van der Waals surface area contributed by atoms with Crippen LogP contribution in [0.5, 0.6) is 0 Å². The molecule has 0 aliphatic heterocycles. The molecule has 2 aromatic rings. The lowest BCUT2D eigenvalue weighted by atomic mass is 10.1. The first kappa shape index (κ1) is 14.4. The molecule has 1 aromatic heterocycles. The Kier molecular flexibility index (Phi) is 3.89. The number of fused-ring (bicyclic) bond motifs is 1. The summed E-state index contributed by atoms with van der Waals surface area (Å²) < 4.78 is 7.39. The molecule has 1 fully saturated rings. The zero-order chi connectivity index (χ0) is 15.0. The van der Waals surface area contributed by atoms with Crippen LogP contribution in [0.3, 0.4) is 0 Å². The number of benzene rings is 1. The molecule has 0 spiro atoms. The Morgan fingerprint density at radius 2 is 2.24 bits per heavy atom. The van der Waals surface area contributed by atoms with Gasteiger partial charge in [0.1, 0.15) is 11.7 Å². The molecule has 1 atom stereocenters. The molecule has 0 N–H and O–H groups in total. The van der Waals surface area contributed by atoms with Gasteiger partial charge in [-0.25, -0.2) is 4.98 Å². The van der Waals surface area contributed by atoms with Gasteiger partial charge in [0, 0.05) is 11.1 Å². The number of halogens is 1. The van der Waals surface area contributed by atoms with E-state index in [-0.39, 0.29) is 11.9 Å². The van der Waals surface area contributed by atoms with Gasteiger partial charge in [-0.1, -0.05) is 18.5 Å². The Morgan fingerprint density at radius 3 is 2.86 bits per heavy atom. The maximum atomic E-state index is 12.2. The van der Waals surface area contributed by atoms with E-state index in [1.807, 2.05) is 32.0 Å². The monoisotopic (exact) mass is 306 g/mol. The van der Waals surface area contributed by atoms with Crippen LogP contribution in [0.4, 0.5) is 0 Å². The summed E-state index contributed by atoms with van der Waals surface area (Å²) in [6, 6.07) is 6.12. The summed E-state index contributed by atoms with van der Waals surface area (Å²) in [5.74, 6) is 0.316. The molecule has 1 unspecified atom stereocenters. The maximum absolute atomic E-state index is 12.2. The second-order valence-corrected chi connectivity index (χ2v) is 5.85. The minimum absolute atomic E-state index is 0.191. The van der Waals surface area contributed by atoms with E-state index in [0.717, 1.165) is 29.7 Å². The topological polar surface area (TPSA) is 44.1 Å². The van der Waals surface area contributed by atoms with E-state index in [1.165, 1.54) is 0 Å². The number of carbonyl (C=O) groups is 1. The number of hydrogen-bond acceptors (Lipinski definition) is 3. The number of rotatable bonds is 5. The van der Waals surface area contributed by atoms with Crippen molar-refractivity contribution in [3.63, 3.8) is 0 Å². The molecule has 1 aliphatic carbocycles. The van der Waals surface area contributed by atoms with Crippen molar-refractivity contribution in [2.45, 2.75) is 45.1 Å². The number of nitrogens with zero attached hydrogens (tertiary/aromatic N) is 2. The van der Waals surface area contributed by atoms with Crippen molar-refractivity contribution in [3.05, 3.63) is 29.0 Å². The lowest BCUT2D eigenvalue weighted by Gasteiger charge is -2.15. The fourth-order valence-electron chi connectivity index (χ4n) is 2.74. The predicted octanol–water partition coefficient (Wildman–Crippen LogP) is 4.08. The highest BCUT2D eigenvalue weighted by molar-refractivity contribution is 6.31. The van der Waals surface area contributed by atoms with Crippen LogP contribution in [0.1, 0.15) is 50.9 Å².